The van der Waals surface area contributed by atoms with Crippen molar-refractivity contribution in [2.24, 2.45) is 4.99 Å². The van der Waals surface area contributed by atoms with Crippen LogP contribution in [0.1, 0.15) is 5.56 Å². The summed E-state index contributed by atoms with van der Waals surface area (Å²) < 4.78 is 6.44. The largest absolute Gasteiger partial charge is 0.378 e. The van der Waals surface area contributed by atoms with Crippen molar-refractivity contribution in [3.63, 3.8) is 0 Å². The van der Waals surface area contributed by atoms with Crippen LogP contribution in [-0.4, -0.2) is 44.1 Å². The average molecular weight is 283 g/mol. The summed E-state index contributed by atoms with van der Waals surface area (Å²) in [6.45, 7) is 3.41. The molecule has 1 aliphatic rings. The molecule has 16 heavy (non-hydrogen) atoms. The van der Waals surface area contributed by atoms with Crippen LogP contribution >= 0.6 is 15.9 Å². The Balaban J connectivity index is 2.18. The summed E-state index contributed by atoms with van der Waals surface area (Å²) >= 11 is 3.44. The molecule has 0 bridgehead atoms. The van der Waals surface area contributed by atoms with Crippen LogP contribution in [0.2, 0.25) is 0 Å². The first-order valence-electron chi connectivity index (χ1n) is 5.36. The molecule has 0 radical (unpaired) electrons. The third kappa shape index (κ3) is 2.62. The SMILES string of the molecule is CN=C(c1ccc(Br)cc1)N1CCOCC1. The van der Waals surface area contributed by atoms with Crippen molar-refractivity contribution < 1.29 is 4.74 Å². The van der Waals surface area contributed by atoms with Crippen LogP contribution in [0.5, 0.6) is 0 Å². The standard InChI is InChI=1S/C12H15BrN2O/c1-14-12(15-6-8-16-9-7-15)10-2-4-11(13)5-3-10/h2-5H,6-9H2,1H3. The van der Waals surface area contributed by atoms with Crippen LogP contribution in [0.15, 0.2) is 33.7 Å². The van der Waals surface area contributed by atoms with E-state index in [0.29, 0.717) is 0 Å². The number of ether oxygens (including phenoxy) is 1. The Kier molecular flexibility index (Phi) is 3.96. The Morgan fingerprint density at radius 2 is 1.88 bits per heavy atom. The summed E-state index contributed by atoms with van der Waals surface area (Å²) in [6, 6.07) is 8.26. The number of halogens is 1. The molecule has 1 aliphatic heterocycles. The lowest BCUT2D eigenvalue weighted by Gasteiger charge is -2.29. The molecule has 1 aromatic carbocycles. The van der Waals surface area contributed by atoms with E-state index in [1.807, 2.05) is 19.2 Å². The van der Waals surface area contributed by atoms with Crippen LogP contribution < -0.4 is 0 Å². The summed E-state index contributed by atoms with van der Waals surface area (Å²) in [6.07, 6.45) is 0. The van der Waals surface area contributed by atoms with E-state index in [-0.39, 0.29) is 0 Å². The van der Waals surface area contributed by atoms with Gasteiger partial charge in [0.2, 0.25) is 0 Å². The van der Waals surface area contributed by atoms with E-state index in [9.17, 15) is 0 Å². The predicted octanol–water partition coefficient (Wildman–Crippen LogP) is 2.16. The zero-order chi connectivity index (χ0) is 11.4. The number of hydrogen-bond acceptors (Lipinski definition) is 2. The van der Waals surface area contributed by atoms with Gasteiger partial charge >= 0.3 is 0 Å². The van der Waals surface area contributed by atoms with Gasteiger partial charge in [0, 0.05) is 30.2 Å². The quantitative estimate of drug-likeness (QED) is 0.583. The number of hydrogen-bond donors (Lipinski definition) is 0. The van der Waals surface area contributed by atoms with Gasteiger partial charge in [-0.2, -0.15) is 0 Å². The number of nitrogens with zero attached hydrogens (tertiary/aromatic N) is 2. The molecule has 2 rings (SSSR count). The Morgan fingerprint density at radius 1 is 1.25 bits per heavy atom. The normalized spacial score (nSPS) is 17.6. The van der Waals surface area contributed by atoms with Crippen molar-refractivity contribution in [3.8, 4) is 0 Å². The summed E-state index contributed by atoms with van der Waals surface area (Å²) in [5, 5.41) is 0. The maximum atomic E-state index is 5.35. The van der Waals surface area contributed by atoms with E-state index >= 15 is 0 Å². The van der Waals surface area contributed by atoms with Gasteiger partial charge in [-0.3, -0.25) is 4.99 Å². The van der Waals surface area contributed by atoms with Crippen LogP contribution in [-0.2, 0) is 4.74 Å². The van der Waals surface area contributed by atoms with E-state index in [1.54, 1.807) is 0 Å². The van der Waals surface area contributed by atoms with Gasteiger partial charge in [-0.1, -0.05) is 28.1 Å². The van der Waals surface area contributed by atoms with Crippen LogP contribution in [0.3, 0.4) is 0 Å². The fourth-order valence-corrected chi connectivity index (χ4v) is 2.09. The molecule has 0 atom stereocenters. The molecule has 86 valence electrons. The van der Waals surface area contributed by atoms with E-state index in [4.69, 9.17) is 4.74 Å². The molecule has 1 saturated heterocycles. The van der Waals surface area contributed by atoms with E-state index < -0.39 is 0 Å². The molecule has 3 nitrogen and oxygen atoms in total. The first-order chi connectivity index (χ1) is 7.81. The van der Waals surface area contributed by atoms with Gasteiger partial charge in [0.25, 0.3) is 0 Å². The summed E-state index contributed by atoms with van der Waals surface area (Å²) in [5.41, 5.74) is 1.16. The molecule has 0 aliphatic carbocycles. The number of benzene rings is 1. The average Bonchev–Trinajstić information content (AvgIpc) is 2.34. The third-order valence-electron chi connectivity index (χ3n) is 2.62. The molecule has 0 amide bonds. The number of aliphatic imine (C=N–C) groups is 1. The van der Waals surface area contributed by atoms with Crippen molar-refractivity contribution in [2.45, 2.75) is 0 Å². The van der Waals surface area contributed by atoms with Crippen molar-refractivity contribution in [1.29, 1.82) is 0 Å². The van der Waals surface area contributed by atoms with Crippen molar-refractivity contribution in [3.05, 3.63) is 34.3 Å². The zero-order valence-electron chi connectivity index (χ0n) is 9.32. The van der Waals surface area contributed by atoms with Gasteiger partial charge in [0.15, 0.2) is 0 Å². The Morgan fingerprint density at radius 3 is 2.44 bits per heavy atom. The van der Waals surface area contributed by atoms with Crippen molar-refractivity contribution in [1.82, 2.24) is 4.90 Å². The molecular weight excluding hydrogens is 268 g/mol. The van der Waals surface area contributed by atoms with Crippen molar-refractivity contribution >= 4 is 21.8 Å². The van der Waals surface area contributed by atoms with Gasteiger partial charge in [-0.05, 0) is 12.1 Å². The fraction of sp³-hybridized carbons (Fsp3) is 0.417. The Bertz CT molecular complexity index is 369. The molecule has 1 aromatic rings. The summed E-state index contributed by atoms with van der Waals surface area (Å²) in [5.74, 6) is 1.05. The number of rotatable bonds is 1. The lowest BCUT2D eigenvalue weighted by Crippen LogP contribution is -2.41. The zero-order valence-corrected chi connectivity index (χ0v) is 10.9. The van der Waals surface area contributed by atoms with Crippen LogP contribution in [0.25, 0.3) is 0 Å². The topological polar surface area (TPSA) is 24.8 Å². The molecular formula is C12H15BrN2O. The Labute approximate surface area is 104 Å². The minimum Gasteiger partial charge on any atom is -0.378 e. The second-order valence-corrected chi connectivity index (χ2v) is 4.57. The Hall–Kier alpha value is -0.870. The van der Waals surface area contributed by atoms with Crippen LogP contribution in [0, 0.1) is 0 Å². The van der Waals surface area contributed by atoms with Gasteiger partial charge in [-0.25, -0.2) is 0 Å². The summed E-state index contributed by atoms with van der Waals surface area (Å²) in [4.78, 5) is 6.65. The van der Waals surface area contributed by atoms with Gasteiger partial charge in [-0.15, -0.1) is 0 Å². The highest BCUT2D eigenvalue weighted by molar-refractivity contribution is 9.10. The molecule has 0 spiro atoms. The molecule has 0 N–H and O–H groups in total. The maximum Gasteiger partial charge on any atom is 0.130 e. The smallest absolute Gasteiger partial charge is 0.130 e. The molecule has 0 saturated carbocycles. The van der Waals surface area contributed by atoms with E-state index in [0.717, 1.165) is 42.2 Å². The lowest BCUT2D eigenvalue weighted by molar-refractivity contribution is 0.0682. The molecule has 1 fully saturated rings. The van der Waals surface area contributed by atoms with Crippen molar-refractivity contribution in [2.75, 3.05) is 33.4 Å². The highest BCUT2D eigenvalue weighted by atomic mass is 79.9. The van der Waals surface area contributed by atoms with Gasteiger partial charge < -0.3 is 9.64 Å². The molecule has 1 heterocycles. The van der Waals surface area contributed by atoms with E-state index in [1.165, 1.54) is 0 Å². The first-order valence-corrected chi connectivity index (χ1v) is 6.16. The molecule has 0 unspecified atom stereocenters. The highest BCUT2D eigenvalue weighted by Gasteiger charge is 2.15. The van der Waals surface area contributed by atoms with E-state index in [2.05, 4.69) is 38.0 Å². The second kappa shape index (κ2) is 5.46. The molecule has 0 aromatic heterocycles. The maximum absolute atomic E-state index is 5.35. The second-order valence-electron chi connectivity index (χ2n) is 3.65. The summed E-state index contributed by atoms with van der Waals surface area (Å²) in [7, 11) is 1.84. The van der Waals surface area contributed by atoms with Gasteiger partial charge in [0.1, 0.15) is 5.84 Å². The van der Waals surface area contributed by atoms with Crippen LogP contribution in [0.4, 0.5) is 0 Å². The highest BCUT2D eigenvalue weighted by Crippen LogP contribution is 2.13. The molecule has 4 heteroatoms. The monoisotopic (exact) mass is 282 g/mol. The first kappa shape index (κ1) is 11.6. The lowest BCUT2D eigenvalue weighted by atomic mass is 10.2. The minimum absolute atomic E-state index is 0.787. The third-order valence-corrected chi connectivity index (χ3v) is 3.15. The fourth-order valence-electron chi connectivity index (χ4n) is 1.83. The predicted molar refractivity (Wildman–Crippen MR) is 69.0 cm³/mol. The van der Waals surface area contributed by atoms with Gasteiger partial charge in [0.05, 0.1) is 13.2 Å². The minimum atomic E-state index is 0.787. The number of morpholine rings is 1. The number of amidine groups is 1.